The van der Waals surface area contributed by atoms with Crippen molar-refractivity contribution in [3.05, 3.63) is 21.9 Å². The van der Waals surface area contributed by atoms with Crippen LogP contribution in [0.3, 0.4) is 0 Å². The van der Waals surface area contributed by atoms with Crippen molar-refractivity contribution in [2.24, 2.45) is 0 Å². The van der Waals surface area contributed by atoms with Gasteiger partial charge in [-0.3, -0.25) is 0 Å². The number of hydrogen-bond donors (Lipinski definition) is 1. The Hall–Kier alpha value is -1.43. The van der Waals surface area contributed by atoms with E-state index in [-0.39, 0.29) is 6.04 Å². The lowest BCUT2D eigenvalue weighted by Crippen LogP contribution is -2.07. The minimum absolute atomic E-state index is 0.276. The summed E-state index contributed by atoms with van der Waals surface area (Å²) in [6, 6.07) is -0.276. The minimum Gasteiger partial charge on any atom is -0.391 e. The second-order valence-corrected chi connectivity index (χ2v) is 2.79. The van der Waals surface area contributed by atoms with E-state index in [2.05, 4.69) is 5.10 Å². The van der Waals surface area contributed by atoms with Crippen molar-refractivity contribution in [1.82, 2.24) is 9.78 Å². The second-order valence-electron chi connectivity index (χ2n) is 2.79. The molecule has 1 rings (SSSR count). The van der Waals surface area contributed by atoms with Gasteiger partial charge in [0.15, 0.2) is 0 Å². The zero-order chi connectivity index (χ0) is 11.8. The summed E-state index contributed by atoms with van der Waals surface area (Å²) in [7, 11) is 0. The molecule has 72 valence electrons. The molecule has 0 bridgehead atoms. The highest BCUT2D eigenvalue weighted by atomic mass is 16.6. The molecule has 0 aliphatic rings. The van der Waals surface area contributed by atoms with Gasteiger partial charge in [-0.05, 0) is 18.8 Å². The molecule has 0 radical (unpaired) electrons. The quantitative estimate of drug-likeness (QED) is 0.562. The van der Waals surface area contributed by atoms with Gasteiger partial charge >= 0.3 is 5.82 Å². The van der Waals surface area contributed by atoms with Crippen LogP contribution in [0, 0.1) is 10.1 Å². The Morgan fingerprint density at radius 2 is 2.54 bits per heavy atom. The number of hydrogen-bond acceptors (Lipinski definition) is 4. The molecule has 0 aliphatic carbocycles. The van der Waals surface area contributed by atoms with Crippen molar-refractivity contribution in [1.29, 1.82) is 0 Å². The summed E-state index contributed by atoms with van der Waals surface area (Å²) < 4.78 is 15.1. The summed E-state index contributed by atoms with van der Waals surface area (Å²) in [6.07, 6.45) is 0.970. The molecular formula is C7H11N3O3. The number of aromatic nitrogens is 2. The van der Waals surface area contributed by atoms with Crippen molar-refractivity contribution in [3.8, 4) is 0 Å². The number of rotatable bonds is 3. The van der Waals surface area contributed by atoms with Gasteiger partial charge in [0.1, 0.15) is 6.04 Å². The molecular weight excluding hydrogens is 174 g/mol. The first-order valence-corrected chi connectivity index (χ1v) is 3.70. The van der Waals surface area contributed by atoms with Gasteiger partial charge in [0, 0.05) is 0 Å². The summed E-state index contributed by atoms with van der Waals surface area (Å²) in [5.74, 6) is -0.516. The zero-order valence-electron chi connectivity index (χ0n) is 9.26. The van der Waals surface area contributed by atoms with Gasteiger partial charge in [0.25, 0.3) is 0 Å². The number of nitro groups is 1. The average molecular weight is 187 g/mol. The third-order valence-corrected chi connectivity index (χ3v) is 1.55. The van der Waals surface area contributed by atoms with Gasteiger partial charge in [-0.25, -0.2) is 0 Å². The van der Waals surface area contributed by atoms with Crippen LogP contribution in [0.1, 0.15) is 28.2 Å². The van der Waals surface area contributed by atoms with Crippen LogP contribution in [-0.2, 0) is 6.56 Å². The highest BCUT2D eigenvalue weighted by Gasteiger charge is 2.22. The zero-order valence-corrected chi connectivity index (χ0v) is 7.26. The maximum absolute atomic E-state index is 10.7. The molecule has 1 aromatic heterocycles. The van der Waals surface area contributed by atoms with Gasteiger partial charge in [0.2, 0.25) is 0 Å². The first kappa shape index (κ1) is 7.02. The van der Waals surface area contributed by atoms with E-state index in [1.807, 2.05) is 0 Å². The van der Waals surface area contributed by atoms with Crippen LogP contribution in [0.2, 0.25) is 0 Å². The van der Waals surface area contributed by atoms with Crippen LogP contribution in [0.4, 0.5) is 5.82 Å². The summed E-state index contributed by atoms with van der Waals surface area (Å²) >= 11 is 0. The second kappa shape index (κ2) is 3.53. The number of nitrogens with zero attached hydrogens (tertiary/aromatic N) is 3. The molecule has 0 spiro atoms. The maximum Gasteiger partial charge on any atom is 0.350 e. The summed E-state index contributed by atoms with van der Waals surface area (Å²) in [4.78, 5) is 9.97. The Balaban J connectivity index is 3.37. The Morgan fingerprint density at radius 1 is 1.92 bits per heavy atom. The van der Waals surface area contributed by atoms with E-state index in [1.54, 1.807) is 13.8 Å². The van der Waals surface area contributed by atoms with Gasteiger partial charge < -0.3 is 15.2 Å². The predicted molar refractivity (Wildman–Crippen MR) is 45.2 cm³/mol. The van der Waals surface area contributed by atoms with Crippen molar-refractivity contribution in [2.75, 3.05) is 0 Å². The molecule has 0 aliphatic heterocycles. The van der Waals surface area contributed by atoms with Crippen LogP contribution in [-0.4, -0.2) is 19.8 Å². The molecule has 0 saturated heterocycles. The van der Waals surface area contributed by atoms with Crippen molar-refractivity contribution >= 4 is 5.82 Å². The smallest absolute Gasteiger partial charge is 0.350 e. The van der Waals surface area contributed by atoms with E-state index in [1.165, 1.54) is 0 Å². The van der Waals surface area contributed by atoms with Crippen LogP contribution in [0.5, 0.6) is 0 Å². The van der Waals surface area contributed by atoms with Crippen molar-refractivity contribution < 1.29 is 12.8 Å². The highest BCUT2D eigenvalue weighted by molar-refractivity contribution is 5.30. The highest BCUT2D eigenvalue weighted by Crippen LogP contribution is 2.21. The Morgan fingerprint density at radius 3 is 2.92 bits per heavy atom. The molecule has 0 fully saturated rings. The normalized spacial score (nSPS) is 14.2. The molecule has 0 saturated carbocycles. The minimum atomic E-state index is -2.75. The molecule has 1 N–H and O–H groups in total. The predicted octanol–water partition coefficient (Wildman–Crippen LogP) is 0.864. The lowest BCUT2D eigenvalue weighted by atomic mass is 10.3. The van der Waals surface area contributed by atoms with Crippen LogP contribution in [0.15, 0.2) is 6.20 Å². The van der Waals surface area contributed by atoms with Crippen LogP contribution in [0.25, 0.3) is 0 Å². The van der Waals surface area contributed by atoms with Crippen molar-refractivity contribution in [2.45, 2.75) is 26.4 Å². The summed E-state index contributed by atoms with van der Waals surface area (Å²) in [6.45, 7) is 0.600. The molecule has 0 unspecified atom stereocenters. The first-order chi connectivity index (χ1) is 6.75. The molecule has 1 heterocycles. The van der Waals surface area contributed by atoms with Gasteiger partial charge in [-0.1, -0.05) is 5.10 Å². The molecule has 1 aromatic rings. The molecule has 6 nitrogen and oxygen atoms in total. The lowest BCUT2D eigenvalue weighted by Gasteiger charge is -2.02. The fourth-order valence-electron chi connectivity index (χ4n) is 0.995. The molecule has 0 amide bonds. The summed E-state index contributed by atoms with van der Waals surface area (Å²) in [5, 5.41) is 23.5. The third kappa shape index (κ3) is 1.67. The van der Waals surface area contributed by atoms with E-state index < -0.39 is 22.9 Å². The molecule has 13 heavy (non-hydrogen) atoms. The lowest BCUT2D eigenvalue weighted by molar-refractivity contribution is -0.394. The van der Waals surface area contributed by atoms with E-state index in [0.29, 0.717) is 0 Å². The largest absolute Gasteiger partial charge is 0.391 e. The first-order valence-electron chi connectivity index (χ1n) is 4.70. The Bertz CT molecular complexity index is 383. The molecule has 6 heteroatoms. The van der Waals surface area contributed by atoms with E-state index in [9.17, 15) is 10.1 Å². The van der Waals surface area contributed by atoms with Gasteiger partial charge in [0.05, 0.1) is 21.1 Å². The van der Waals surface area contributed by atoms with Gasteiger partial charge in [-0.2, -0.15) is 0 Å². The topological polar surface area (TPSA) is 81.2 Å². The SMILES string of the molecule is [2H]C([2H])(O)c1cnn(C(C)C)c1[N+](=O)[O-]. The molecule has 0 aromatic carbocycles. The summed E-state index contributed by atoms with van der Waals surface area (Å²) in [5.41, 5.74) is -0.429. The van der Waals surface area contributed by atoms with E-state index in [4.69, 9.17) is 7.85 Å². The number of aliphatic hydroxyl groups is 1. The Labute approximate surface area is 77.8 Å². The standard InChI is InChI=1S/C7H11N3O3/c1-5(2)9-7(10(12)13)6(4-11)3-8-9/h3,5,11H,4H2,1-2H3/i4D2. The Kier molecular flexibility index (Phi) is 1.90. The van der Waals surface area contributed by atoms with Crippen LogP contribution >= 0.6 is 0 Å². The maximum atomic E-state index is 10.7. The third-order valence-electron chi connectivity index (χ3n) is 1.55. The van der Waals surface area contributed by atoms with E-state index >= 15 is 0 Å². The molecule has 0 atom stereocenters. The average Bonchev–Trinajstić information content (AvgIpc) is 2.45. The van der Waals surface area contributed by atoms with E-state index in [0.717, 1.165) is 10.9 Å². The van der Waals surface area contributed by atoms with Crippen LogP contribution < -0.4 is 0 Å². The van der Waals surface area contributed by atoms with Gasteiger partial charge in [-0.15, -0.1) is 4.68 Å². The fourth-order valence-corrected chi connectivity index (χ4v) is 0.995. The fraction of sp³-hybridized carbons (Fsp3) is 0.571. The van der Waals surface area contributed by atoms with Crippen molar-refractivity contribution in [3.63, 3.8) is 0 Å². The monoisotopic (exact) mass is 187 g/mol.